The third-order valence-electron chi connectivity index (χ3n) is 2.82. The minimum Gasteiger partial charge on any atom is -0.330 e. The van der Waals surface area contributed by atoms with Gasteiger partial charge in [-0.05, 0) is 48.2 Å². The third-order valence-corrected chi connectivity index (χ3v) is 3.91. The molecule has 2 heteroatoms. The molecule has 0 saturated carbocycles. The lowest BCUT2D eigenvalue weighted by Gasteiger charge is -2.13. The predicted molar refractivity (Wildman–Crippen MR) is 53.6 cm³/mol. The lowest BCUT2D eigenvalue weighted by molar-refractivity contribution is 0.479. The third kappa shape index (κ3) is 1.19. The molecule has 1 aromatic rings. The van der Waals surface area contributed by atoms with Crippen molar-refractivity contribution in [2.24, 2.45) is 11.7 Å². The van der Waals surface area contributed by atoms with Crippen molar-refractivity contribution in [2.45, 2.75) is 25.7 Å². The first-order valence-electron chi connectivity index (χ1n) is 4.59. The second kappa shape index (κ2) is 3.19. The molecule has 2 rings (SSSR count). The molecule has 0 spiro atoms. The van der Waals surface area contributed by atoms with Gasteiger partial charge >= 0.3 is 0 Å². The van der Waals surface area contributed by atoms with E-state index >= 15 is 0 Å². The Bertz CT molecular complexity index is 267. The van der Waals surface area contributed by atoms with E-state index in [1.807, 2.05) is 11.3 Å². The molecule has 0 fully saturated rings. The van der Waals surface area contributed by atoms with Gasteiger partial charge in [-0.2, -0.15) is 0 Å². The molecule has 1 aromatic heterocycles. The first-order valence-corrected chi connectivity index (χ1v) is 5.47. The average Bonchev–Trinajstić information content (AvgIpc) is 2.56. The molecule has 1 nitrogen and oxygen atoms in total. The summed E-state index contributed by atoms with van der Waals surface area (Å²) in [5.41, 5.74) is 7.18. The standard InChI is InChI=1S/C10H15NS/c1-7-6-8-3-5-12-10(8)9(7)2-4-11/h3,5,7,9H,2,4,6,11H2,1H3. The van der Waals surface area contributed by atoms with Crippen LogP contribution in [0.5, 0.6) is 0 Å². The summed E-state index contributed by atoms with van der Waals surface area (Å²) < 4.78 is 0. The van der Waals surface area contributed by atoms with Gasteiger partial charge in [0.05, 0.1) is 0 Å². The zero-order chi connectivity index (χ0) is 8.55. The Morgan fingerprint density at radius 2 is 2.50 bits per heavy atom. The van der Waals surface area contributed by atoms with Crippen molar-refractivity contribution < 1.29 is 0 Å². The molecule has 0 bridgehead atoms. The van der Waals surface area contributed by atoms with Gasteiger partial charge in [0, 0.05) is 4.88 Å². The first kappa shape index (κ1) is 8.27. The molecule has 0 radical (unpaired) electrons. The van der Waals surface area contributed by atoms with Crippen LogP contribution >= 0.6 is 11.3 Å². The maximum absolute atomic E-state index is 5.60. The van der Waals surface area contributed by atoms with Crippen LogP contribution < -0.4 is 5.73 Å². The summed E-state index contributed by atoms with van der Waals surface area (Å²) in [6.07, 6.45) is 2.43. The monoisotopic (exact) mass is 181 g/mol. The molecule has 1 heterocycles. The van der Waals surface area contributed by atoms with Crippen molar-refractivity contribution in [1.29, 1.82) is 0 Å². The number of hydrogen-bond donors (Lipinski definition) is 1. The molecule has 1 aliphatic carbocycles. The van der Waals surface area contributed by atoms with E-state index < -0.39 is 0 Å². The molecule has 0 aliphatic heterocycles. The number of hydrogen-bond acceptors (Lipinski definition) is 2. The summed E-state index contributed by atoms with van der Waals surface area (Å²) in [5.74, 6) is 1.57. The van der Waals surface area contributed by atoms with E-state index in [-0.39, 0.29) is 0 Å². The molecule has 66 valence electrons. The van der Waals surface area contributed by atoms with Gasteiger partial charge in [-0.15, -0.1) is 11.3 Å². The molecular formula is C10H15NS. The minimum atomic E-state index is 0.755. The normalized spacial score (nSPS) is 27.5. The molecule has 0 amide bonds. The summed E-state index contributed by atoms with van der Waals surface area (Å²) in [6.45, 7) is 3.17. The van der Waals surface area contributed by atoms with Crippen LogP contribution in [0.1, 0.15) is 29.7 Å². The van der Waals surface area contributed by atoms with Crippen LogP contribution in [-0.2, 0) is 6.42 Å². The van der Waals surface area contributed by atoms with Gasteiger partial charge in [0.2, 0.25) is 0 Å². The Labute approximate surface area is 77.6 Å². The Hall–Kier alpha value is -0.340. The van der Waals surface area contributed by atoms with Crippen molar-refractivity contribution in [1.82, 2.24) is 0 Å². The fraction of sp³-hybridized carbons (Fsp3) is 0.600. The van der Waals surface area contributed by atoms with E-state index in [9.17, 15) is 0 Å². The van der Waals surface area contributed by atoms with Crippen molar-refractivity contribution in [2.75, 3.05) is 6.54 Å². The molecule has 2 N–H and O–H groups in total. The van der Waals surface area contributed by atoms with Crippen LogP contribution in [0.4, 0.5) is 0 Å². The van der Waals surface area contributed by atoms with Crippen molar-refractivity contribution in [3.05, 3.63) is 21.9 Å². The highest BCUT2D eigenvalue weighted by atomic mass is 32.1. The number of nitrogens with two attached hydrogens (primary N) is 1. The van der Waals surface area contributed by atoms with Crippen LogP contribution in [0.25, 0.3) is 0 Å². The Balaban J connectivity index is 2.23. The molecule has 1 aliphatic rings. The molecule has 12 heavy (non-hydrogen) atoms. The van der Waals surface area contributed by atoms with Crippen LogP contribution in [0.3, 0.4) is 0 Å². The Morgan fingerprint density at radius 3 is 3.25 bits per heavy atom. The van der Waals surface area contributed by atoms with Crippen molar-refractivity contribution in [3.8, 4) is 0 Å². The quantitative estimate of drug-likeness (QED) is 0.744. The summed E-state index contributed by atoms with van der Waals surface area (Å²) >= 11 is 1.91. The largest absolute Gasteiger partial charge is 0.330 e. The van der Waals surface area contributed by atoms with Crippen LogP contribution in [0.2, 0.25) is 0 Å². The number of fused-ring (bicyclic) bond motifs is 1. The van der Waals surface area contributed by atoms with Gasteiger partial charge in [-0.1, -0.05) is 6.92 Å². The summed E-state index contributed by atoms with van der Waals surface area (Å²) in [6, 6.07) is 2.27. The Kier molecular flexibility index (Phi) is 2.20. The highest BCUT2D eigenvalue weighted by Gasteiger charge is 2.29. The highest BCUT2D eigenvalue weighted by molar-refractivity contribution is 7.10. The second-order valence-electron chi connectivity index (χ2n) is 3.68. The molecule has 2 unspecified atom stereocenters. The van der Waals surface area contributed by atoms with Crippen LogP contribution in [0, 0.1) is 5.92 Å². The molecular weight excluding hydrogens is 166 g/mol. The van der Waals surface area contributed by atoms with Crippen LogP contribution in [0.15, 0.2) is 11.4 Å². The van der Waals surface area contributed by atoms with Crippen molar-refractivity contribution >= 4 is 11.3 Å². The van der Waals surface area contributed by atoms with Crippen LogP contribution in [-0.4, -0.2) is 6.54 Å². The zero-order valence-electron chi connectivity index (χ0n) is 7.42. The molecule has 0 saturated heterocycles. The zero-order valence-corrected chi connectivity index (χ0v) is 8.23. The number of rotatable bonds is 2. The first-order chi connectivity index (χ1) is 5.83. The van der Waals surface area contributed by atoms with Gasteiger partial charge in [-0.25, -0.2) is 0 Å². The van der Waals surface area contributed by atoms with E-state index in [0.29, 0.717) is 0 Å². The van der Waals surface area contributed by atoms with E-state index in [4.69, 9.17) is 5.73 Å². The smallest absolute Gasteiger partial charge is 0.0111 e. The lowest BCUT2D eigenvalue weighted by atomic mass is 9.95. The van der Waals surface area contributed by atoms with Gasteiger partial charge in [0.25, 0.3) is 0 Å². The average molecular weight is 181 g/mol. The van der Waals surface area contributed by atoms with Gasteiger partial charge in [0.15, 0.2) is 0 Å². The highest BCUT2D eigenvalue weighted by Crippen LogP contribution is 2.42. The van der Waals surface area contributed by atoms with E-state index in [0.717, 1.165) is 24.8 Å². The number of thiophene rings is 1. The van der Waals surface area contributed by atoms with E-state index in [1.165, 1.54) is 6.42 Å². The topological polar surface area (TPSA) is 26.0 Å². The lowest BCUT2D eigenvalue weighted by Crippen LogP contribution is -2.09. The predicted octanol–water partition coefficient (Wildman–Crippen LogP) is 2.37. The maximum Gasteiger partial charge on any atom is 0.0111 e. The fourth-order valence-corrected chi connectivity index (χ4v) is 3.39. The second-order valence-corrected chi connectivity index (χ2v) is 4.62. The summed E-state index contributed by atoms with van der Waals surface area (Å²) in [5, 5.41) is 2.21. The Morgan fingerprint density at radius 1 is 1.67 bits per heavy atom. The minimum absolute atomic E-state index is 0.755. The van der Waals surface area contributed by atoms with Gasteiger partial charge in [-0.3, -0.25) is 0 Å². The fourth-order valence-electron chi connectivity index (χ4n) is 2.18. The maximum atomic E-state index is 5.60. The molecule has 0 aromatic carbocycles. The SMILES string of the molecule is CC1Cc2ccsc2C1CCN. The summed E-state index contributed by atoms with van der Waals surface area (Å²) in [7, 11) is 0. The van der Waals surface area contributed by atoms with Crippen molar-refractivity contribution in [3.63, 3.8) is 0 Å². The van der Waals surface area contributed by atoms with Gasteiger partial charge < -0.3 is 5.73 Å². The van der Waals surface area contributed by atoms with E-state index in [1.54, 1.807) is 10.4 Å². The van der Waals surface area contributed by atoms with E-state index in [2.05, 4.69) is 18.4 Å². The summed E-state index contributed by atoms with van der Waals surface area (Å²) in [4.78, 5) is 1.60. The molecule has 2 atom stereocenters. The van der Waals surface area contributed by atoms with Gasteiger partial charge in [0.1, 0.15) is 0 Å².